The highest BCUT2D eigenvalue weighted by molar-refractivity contribution is 5.03. The lowest BCUT2D eigenvalue weighted by Crippen LogP contribution is -2.37. The number of hydrogen-bond acceptors (Lipinski definition) is 2. The van der Waals surface area contributed by atoms with Crippen molar-refractivity contribution in [2.24, 2.45) is 5.92 Å². The topological polar surface area (TPSA) is 29.5 Å². The van der Waals surface area contributed by atoms with Gasteiger partial charge in [0.15, 0.2) is 0 Å². The van der Waals surface area contributed by atoms with Gasteiger partial charge in [-0.05, 0) is 31.6 Å². The SMILES string of the molecule is COC1(C(O)C2CCCCC2)CC1. The van der Waals surface area contributed by atoms with Crippen molar-refractivity contribution in [2.45, 2.75) is 56.7 Å². The normalized spacial score (nSPS) is 30.0. The molecule has 2 aliphatic rings. The summed E-state index contributed by atoms with van der Waals surface area (Å²) < 4.78 is 5.41. The maximum Gasteiger partial charge on any atom is 0.0941 e. The number of aliphatic hydroxyl groups excluding tert-OH is 1. The standard InChI is InChI=1S/C11H20O2/c1-13-11(7-8-11)10(12)9-5-3-2-4-6-9/h9-10,12H,2-8H2,1H3. The van der Waals surface area contributed by atoms with Crippen LogP contribution >= 0.6 is 0 Å². The molecule has 2 saturated carbocycles. The van der Waals surface area contributed by atoms with E-state index in [0.29, 0.717) is 5.92 Å². The third-order valence-electron chi connectivity index (χ3n) is 3.78. The van der Waals surface area contributed by atoms with E-state index in [1.165, 1.54) is 32.1 Å². The van der Waals surface area contributed by atoms with Crippen LogP contribution in [0.1, 0.15) is 44.9 Å². The van der Waals surface area contributed by atoms with Gasteiger partial charge in [0.2, 0.25) is 0 Å². The first kappa shape index (κ1) is 9.47. The average molecular weight is 184 g/mol. The molecule has 0 aliphatic heterocycles. The first-order valence-electron chi connectivity index (χ1n) is 5.52. The van der Waals surface area contributed by atoms with Gasteiger partial charge in [-0.2, -0.15) is 0 Å². The van der Waals surface area contributed by atoms with E-state index in [1.54, 1.807) is 7.11 Å². The molecule has 13 heavy (non-hydrogen) atoms. The molecule has 0 amide bonds. The second-order valence-electron chi connectivity index (χ2n) is 4.61. The molecule has 0 heterocycles. The Kier molecular flexibility index (Phi) is 2.61. The van der Waals surface area contributed by atoms with Crippen molar-refractivity contribution >= 4 is 0 Å². The minimum absolute atomic E-state index is 0.137. The molecule has 0 radical (unpaired) electrons. The van der Waals surface area contributed by atoms with Crippen LogP contribution in [0.4, 0.5) is 0 Å². The summed E-state index contributed by atoms with van der Waals surface area (Å²) in [6.45, 7) is 0. The van der Waals surface area contributed by atoms with Crippen LogP contribution < -0.4 is 0 Å². The van der Waals surface area contributed by atoms with E-state index in [-0.39, 0.29) is 11.7 Å². The zero-order chi connectivity index (χ0) is 9.31. The van der Waals surface area contributed by atoms with E-state index in [1.807, 2.05) is 0 Å². The molecule has 0 spiro atoms. The molecule has 0 saturated heterocycles. The Balaban J connectivity index is 1.91. The van der Waals surface area contributed by atoms with Crippen molar-refractivity contribution in [1.82, 2.24) is 0 Å². The van der Waals surface area contributed by atoms with Gasteiger partial charge >= 0.3 is 0 Å². The second-order valence-corrected chi connectivity index (χ2v) is 4.61. The Morgan fingerprint density at radius 3 is 2.31 bits per heavy atom. The summed E-state index contributed by atoms with van der Waals surface area (Å²) >= 11 is 0. The molecule has 1 unspecified atom stereocenters. The molecule has 0 aromatic carbocycles. The lowest BCUT2D eigenvalue weighted by Gasteiger charge is -2.31. The van der Waals surface area contributed by atoms with Gasteiger partial charge in [0.1, 0.15) is 0 Å². The summed E-state index contributed by atoms with van der Waals surface area (Å²) in [5.74, 6) is 0.510. The van der Waals surface area contributed by atoms with E-state index in [9.17, 15) is 5.11 Å². The van der Waals surface area contributed by atoms with Crippen molar-refractivity contribution < 1.29 is 9.84 Å². The van der Waals surface area contributed by atoms with Crippen LogP contribution in [0.3, 0.4) is 0 Å². The van der Waals surface area contributed by atoms with Crippen LogP contribution in [-0.4, -0.2) is 23.9 Å². The molecule has 2 rings (SSSR count). The van der Waals surface area contributed by atoms with Crippen LogP contribution in [0.5, 0.6) is 0 Å². The maximum absolute atomic E-state index is 10.1. The third-order valence-corrected chi connectivity index (χ3v) is 3.78. The molecular formula is C11H20O2. The average Bonchev–Trinajstić information content (AvgIpc) is 2.99. The Labute approximate surface area is 80.3 Å². The van der Waals surface area contributed by atoms with E-state index in [4.69, 9.17) is 4.74 Å². The molecule has 0 aromatic heterocycles. The van der Waals surface area contributed by atoms with Gasteiger partial charge in [0, 0.05) is 7.11 Å². The molecular weight excluding hydrogens is 164 g/mol. The van der Waals surface area contributed by atoms with Gasteiger partial charge in [0.05, 0.1) is 11.7 Å². The predicted molar refractivity (Wildman–Crippen MR) is 51.6 cm³/mol. The summed E-state index contributed by atoms with van der Waals surface area (Å²) in [5, 5.41) is 10.1. The lowest BCUT2D eigenvalue weighted by molar-refractivity contribution is -0.0669. The number of hydrogen-bond donors (Lipinski definition) is 1. The summed E-state index contributed by atoms with van der Waals surface area (Å²) in [4.78, 5) is 0. The molecule has 2 nitrogen and oxygen atoms in total. The van der Waals surface area contributed by atoms with Gasteiger partial charge in [0.25, 0.3) is 0 Å². The Morgan fingerprint density at radius 1 is 1.23 bits per heavy atom. The second kappa shape index (κ2) is 3.58. The fraction of sp³-hybridized carbons (Fsp3) is 1.00. The molecule has 2 aliphatic carbocycles. The summed E-state index contributed by atoms with van der Waals surface area (Å²) in [5.41, 5.74) is -0.137. The van der Waals surface area contributed by atoms with Crippen LogP contribution in [0, 0.1) is 5.92 Å². The van der Waals surface area contributed by atoms with Crippen LogP contribution in [0.25, 0.3) is 0 Å². The minimum Gasteiger partial charge on any atom is -0.390 e. The zero-order valence-electron chi connectivity index (χ0n) is 8.46. The van der Waals surface area contributed by atoms with Gasteiger partial charge in [-0.1, -0.05) is 19.3 Å². The van der Waals surface area contributed by atoms with E-state index >= 15 is 0 Å². The van der Waals surface area contributed by atoms with E-state index in [0.717, 1.165) is 12.8 Å². The van der Waals surface area contributed by atoms with Crippen LogP contribution in [-0.2, 0) is 4.74 Å². The Bertz CT molecular complexity index is 169. The predicted octanol–water partition coefficient (Wildman–Crippen LogP) is 2.11. The number of methoxy groups -OCH3 is 1. The Morgan fingerprint density at radius 2 is 1.85 bits per heavy atom. The summed E-state index contributed by atoms with van der Waals surface area (Å²) in [7, 11) is 1.74. The molecule has 0 aromatic rings. The smallest absolute Gasteiger partial charge is 0.0941 e. The first-order valence-corrected chi connectivity index (χ1v) is 5.52. The maximum atomic E-state index is 10.1. The van der Waals surface area contributed by atoms with Gasteiger partial charge in [-0.25, -0.2) is 0 Å². The van der Waals surface area contributed by atoms with E-state index < -0.39 is 0 Å². The van der Waals surface area contributed by atoms with Crippen LogP contribution in [0.2, 0.25) is 0 Å². The van der Waals surface area contributed by atoms with Crippen molar-refractivity contribution in [2.75, 3.05) is 7.11 Å². The fourth-order valence-electron chi connectivity index (χ4n) is 2.62. The molecule has 1 atom stereocenters. The van der Waals surface area contributed by atoms with Crippen molar-refractivity contribution in [3.05, 3.63) is 0 Å². The number of aliphatic hydroxyl groups is 1. The molecule has 2 heteroatoms. The molecule has 2 fully saturated rings. The van der Waals surface area contributed by atoms with Gasteiger partial charge in [-0.15, -0.1) is 0 Å². The summed E-state index contributed by atoms with van der Waals surface area (Å²) in [6.07, 6.45) is 8.26. The number of rotatable bonds is 3. The van der Waals surface area contributed by atoms with Crippen molar-refractivity contribution in [1.29, 1.82) is 0 Å². The highest BCUT2D eigenvalue weighted by atomic mass is 16.5. The van der Waals surface area contributed by atoms with Crippen LogP contribution in [0.15, 0.2) is 0 Å². The highest BCUT2D eigenvalue weighted by Crippen LogP contribution is 2.46. The fourth-order valence-corrected chi connectivity index (χ4v) is 2.62. The van der Waals surface area contributed by atoms with Crippen molar-refractivity contribution in [3.8, 4) is 0 Å². The van der Waals surface area contributed by atoms with Gasteiger partial charge < -0.3 is 9.84 Å². The largest absolute Gasteiger partial charge is 0.390 e. The minimum atomic E-state index is -0.196. The zero-order valence-corrected chi connectivity index (χ0v) is 8.46. The molecule has 0 bridgehead atoms. The third kappa shape index (κ3) is 1.75. The first-order chi connectivity index (χ1) is 6.28. The highest BCUT2D eigenvalue weighted by Gasteiger charge is 2.51. The molecule has 1 N–H and O–H groups in total. The summed E-state index contributed by atoms with van der Waals surface area (Å²) in [6, 6.07) is 0. The van der Waals surface area contributed by atoms with E-state index in [2.05, 4.69) is 0 Å². The monoisotopic (exact) mass is 184 g/mol. The lowest BCUT2D eigenvalue weighted by atomic mass is 9.82. The quantitative estimate of drug-likeness (QED) is 0.728. The number of ether oxygens (including phenoxy) is 1. The Hall–Kier alpha value is -0.0800. The van der Waals surface area contributed by atoms with Crippen molar-refractivity contribution in [3.63, 3.8) is 0 Å². The van der Waals surface area contributed by atoms with Gasteiger partial charge in [-0.3, -0.25) is 0 Å². The molecule has 76 valence electrons.